The van der Waals surface area contributed by atoms with E-state index in [-0.39, 0.29) is 22.0 Å². The third-order valence-electron chi connectivity index (χ3n) is 12.1. The molecule has 0 saturated heterocycles. The fourth-order valence-electron chi connectivity index (χ4n) is 11.1. The lowest BCUT2D eigenvalue weighted by Crippen LogP contribution is -2.60. The van der Waals surface area contributed by atoms with Crippen LogP contribution in [0.4, 0.5) is 0 Å². The summed E-state index contributed by atoms with van der Waals surface area (Å²) in [6, 6.07) is 0. The Bertz CT molecular complexity index is 876. The number of amides is 1. The second kappa shape index (κ2) is 7.14. The van der Waals surface area contributed by atoms with Crippen molar-refractivity contribution in [1.29, 1.82) is 0 Å². The highest BCUT2D eigenvalue weighted by molar-refractivity contribution is 8.14. The van der Waals surface area contributed by atoms with Crippen LogP contribution >= 0.6 is 11.8 Å². The van der Waals surface area contributed by atoms with E-state index in [1.54, 1.807) is 11.8 Å². The molecule has 7 fully saturated rings. The standard InChI is InChI=1S/C29H41NO2S/c1-27-7-5-22-21(3-4-24-28(22,2)8-6-25(31)33-24)23(27)12-20(16-27)26(32)30-29-13-17-9-18(14-29)11-19(10-17)15-29/h6,8,17-24H,3-5,7,9-16H2,1-2H3,(H,30,32)/t17?,18?,19?,20?,21-,22-,23+,24?,27-,28-,29?/m1/s1. The Morgan fingerprint density at radius 2 is 1.64 bits per heavy atom. The Labute approximate surface area is 203 Å². The van der Waals surface area contributed by atoms with Gasteiger partial charge in [0.25, 0.3) is 0 Å². The van der Waals surface area contributed by atoms with Crippen LogP contribution in [-0.2, 0) is 9.59 Å². The molecule has 33 heavy (non-hydrogen) atoms. The summed E-state index contributed by atoms with van der Waals surface area (Å²) in [7, 11) is 0. The number of nitrogens with one attached hydrogen (secondary N) is 1. The van der Waals surface area contributed by atoms with E-state index in [9.17, 15) is 9.59 Å². The smallest absolute Gasteiger partial charge is 0.223 e. The van der Waals surface area contributed by atoms with E-state index in [1.807, 2.05) is 6.08 Å². The summed E-state index contributed by atoms with van der Waals surface area (Å²) in [5.74, 6) is 5.34. The Morgan fingerprint density at radius 3 is 2.33 bits per heavy atom. The number of thioether (sulfide) groups is 1. The normalized spacial score (nSPS) is 56.2. The van der Waals surface area contributed by atoms with Gasteiger partial charge in [0, 0.05) is 22.1 Å². The zero-order chi connectivity index (χ0) is 22.6. The topological polar surface area (TPSA) is 46.2 Å². The summed E-state index contributed by atoms with van der Waals surface area (Å²) >= 11 is 1.60. The second-order valence-electron chi connectivity index (χ2n) is 14.1. The van der Waals surface area contributed by atoms with Crippen molar-refractivity contribution in [1.82, 2.24) is 5.32 Å². The predicted molar refractivity (Wildman–Crippen MR) is 132 cm³/mol. The lowest BCUT2D eigenvalue weighted by atomic mass is 9.50. The van der Waals surface area contributed by atoms with E-state index < -0.39 is 0 Å². The van der Waals surface area contributed by atoms with Crippen LogP contribution in [0.1, 0.15) is 90.9 Å². The van der Waals surface area contributed by atoms with E-state index in [2.05, 4.69) is 25.2 Å². The van der Waals surface area contributed by atoms with Gasteiger partial charge in [0.05, 0.1) is 0 Å². The van der Waals surface area contributed by atoms with Gasteiger partial charge in [0.15, 0.2) is 0 Å². The van der Waals surface area contributed by atoms with Gasteiger partial charge in [0.1, 0.15) is 0 Å². The van der Waals surface area contributed by atoms with Gasteiger partial charge in [0.2, 0.25) is 11.0 Å². The van der Waals surface area contributed by atoms with Crippen LogP contribution in [0.25, 0.3) is 0 Å². The minimum Gasteiger partial charge on any atom is -0.350 e. The number of allylic oxidation sites excluding steroid dienone is 1. The molecule has 8 rings (SSSR count). The molecule has 0 aromatic rings. The van der Waals surface area contributed by atoms with Gasteiger partial charge < -0.3 is 5.32 Å². The first-order valence-corrected chi connectivity index (χ1v) is 14.9. The first-order valence-electron chi connectivity index (χ1n) is 14.0. The molecule has 7 atom stereocenters. The fraction of sp³-hybridized carbons (Fsp3) is 0.862. The van der Waals surface area contributed by atoms with Crippen LogP contribution in [-0.4, -0.2) is 21.8 Å². The molecule has 0 aromatic heterocycles. The Hall–Kier alpha value is -0.770. The van der Waals surface area contributed by atoms with Gasteiger partial charge in [-0.1, -0.05) is 31.7 Å². The molecule has 1 aliphatic heterocycles. The molecule has 4 bridgehead atoms. The van der Waals surface area contributed by atoms with Crippen LogP contribution < -0.4 is 5.32 Å². The van der Waals surface area contributed by atoms with Crippen LogP contribution in [0, 0.1) is 52.3 Å². The van der Waals surface area contributed by atoms with Crippen molar-refractivity contribution in [2.24, 2.45) is 52.3 Å². The van der Waals surface area contributed by atoms with Gasteiger partial charge >= 0.3 is 0 Å². The molecule has 7 aliphatic carbocycles. The lowest BCUT2D eigenvalue weighted by molar-refractivity contribution is -0.131. The minimum absolute atomic E-state index is 0.144. The van der Waals surface area contributed by atoms with E-state index >= 15 is 0 Å². The quantitative estimate of drug-likeness (QED) is 0.531. The van der Waals surface area contributed by atoms with E-state index in [0.29, 0.717) is 28.4 Å². The molecule has 2 unspecified atom stereocenters. The molecule has 1 N–H and O–H groups in total. The van der Waals surface area contributed by atoms with Crippen LogP contribution in [0.5, 0.6) is 0 Å². The Balaban J connectivity index is 1.09. The third-order valence-corrected chi connectivity index (χ3v) is 13.5. The molecule has 7 saturated carbocycles. The average molecular weight is 468 g/mol. The maximum Gasteiger partial charge on any atom is 0.223 e. The molecule has 4 heteroatoms. The van der Waals surface area contributed by atoms with E-state index in [1.165, 1.54) is 57.8 Å². The van der Waals surface area contributed by atoms with Crippen molar-refractivity contribution in [3.05, 3.63) is 12.2 Å². The van der Waals surface area contributed by atoms with Gasteiger partial charge in [-0.2, -0.15) is 0 Å². The van der Waals surface area contributed by atoms with Crippen molar-refractivity contribution in [2.45, 2.75) is 102 Å². The van der Waals surface area contributed by atoms with E-state index in [4.69, 9.17) is 0 Å². The summed E-state index contributed by atoms with van der Waals surface area (Å²) < 4.78 is 0. The van der Waals surface area contributed by atoms with Gasteiger partial charge in [-0.3, -0.25) is 9.59 Å². The molecular weight excluding hydrogens is 426 g/mol. The fourth-order valence-corrected chi connectivity index (χ4v) is 12.3. The van der Waals surface area contributed by atoms with Gasteiger partial charge in [-0.05, 0) is 124 Å². The van der Waals surface area contributed by atoms with E-state index in [0.717, 1.165) is 42.9 Å². The maximum absolute atomic E-state index is 13.7. The molecule has 0 radical (unpaired) electrons. The summed E-state index contributed by atoms with van der Waals surface area (Å²) in [4.78, 5) is 25.8. The second-order valence-corrected chi connectivity index (χ2v) is 15.3. The Kier molecular flexibility index (Phi) is 4.65. The molecule has 1 heterocycles. The highest BCUT2D eigenvalue weighted by Crippen LogP contribution is 2.66. The first-order chi connectivity index (χ1) is 15.8. The number of carbonyl (C=O) groups is 2. The van der Waals surface area contributed by atoms with Crippen LogP contribution in [0.15, 0.2) is 12.2 Å². The molecule has 8 aliphatic rings. The van der Waals surface area contributed by atoms with Crippen molar-refractivity contribution >= 4 is 22.8 Å². The first kappa shape index (κ1) is 21.5. The van der Waals surface area contributed by atoms with Crippen molar-refractivity contribution in [3.63, 3.8) is 0 Å². The number of carbonyl (C=O) groups excluding carboxylic acids is 2. The zero-order valence-electron chi connectivity index (χ0n) is 20.5. The highest BCUT2D eigenvalue weighted by atomic mass is 32.2. The largest absolute Gasteiger partial charge is 0.350 e. The summed E-state index contributed by atoms with van der Waals surface area (Å²) in [6.07, 6.45) is 19.3. The average Bonchev–Trinajstić information content (AvgIpc) is 3.11. The summed E-state index contributed by atoms with van der Waals surface area (Å²) in [5, 5.41) is 4.44. The molecule has 180 valence electrons. The molecule has 1 amide bonds. The number of hydrogen-bond donors (Lipinski definition) is 1. The molecule has 3 nitrogen and oxygen atoms in total. The lowest BCUT2D eigenvalue weighted by Gasteiger charge is -2.57. The molecule has 0 spiro atoms. The van der Waals surface area contributed by atoms with Crippen LogP contribution in [0.3, 0.4) is 0 Å². The summed E-state index contributed by atoms with van der Waals surface area (Å²) in [6.45, 7) is 4.94. The van der Waals surface area contributed by atoms with Crippen molar-refractivity contribution in [2.75, 3.05) is 0 Å². The van der Waals surface area contributed by atoms with Gasteiger partial charge in [-0.25, -0.2) is 0 Å². The number of rotatable bonds is 2. The zero-order valence-corrected chi connectivity index (χ0v) is 21.3. The molecule has 0 aromatic carbocycles. The monoisotopic (exact) mass is 467 g/mol. The number of hydrogen-bond acceptors (Lipinski definition) is 3. The van der Waals surface area contributed by atoms with Crippen molar-refractivity contribution in [3.8, 4) is 0 Å². The third kappa shape index (κ3) is 3.21. The SMILES string of the molecule is C[C@]12CC[C@@H]3[C@@H](CCC4SC(=O)C=C[C@@]43C)[C@@H]1CC(C(=O)NC13CC4CC(CC(C4)C1)C3)C2. The minimum atomic E-state index is 0.144. The van der Waals surface area contributed by atoms with Crippen LogP contribution in [0.2, 0.25) is 0 Å². The summed E-state index contributed by atoms with van der Waals surface area (Å²) in [5.41, 5.74) is 0.628. The van der Waals surface area contributed by atoms with Crippen molar-refractivity contribution < 1.29 is 9.59 Å². The highest BCUT2D eigenvalue weighted by Gasteiger charge is 2.60. The maximum atomic E-state index is 13.7. The predicted octanol–water partition coefficient (Wildman–Crippen LogP) is 6.13. The molecular formula is C29H41NO2S. The Morgan fingerprint density at radius 1 is 0.939 bits per heavy atom. The van der Waals surface area contributed by atoms with Gasteiger partial charge in [-0.15, -0.1) is 0 Å². The number of fused-ring (bicyclic) bond motifs is 5.